The van der Waals surface area contributed by atoms with E-state index in [-0.39, 0.29) is 16.3 Å². The van der Waals surface area contributed by atoms with Gasteiger partial charge in [-0.3, -0.25) is 9.36 Å². The Morgan fingerprint density at radius 2 is 2.05 bits per heavy atom. The van der Waals surface area contributed by atoms with E-state index in [1.54, 1.807) is 0 Å². The summed E-state index contributed by atoms with van der Waals surface area (Å²) in [4.78, 5) is 23.2. The minimum atomic E-state index is -0.656. The highest BCUT2D eigenvalue weighted by Crippen LogP contribution is 2.22. The summed E-state index contributed by atoms with van der Waals surface area (Å²) in [5.41, 5.74) is -0.471. The first-order valence-electron chi connectivity index (χ1n) is 5.30. The predicted octanol–water partition coefficient (Wildman–Crippen LogP) is 2.42. The monoisotopic (exact) mass is 281 g/mol. The molecule has 1 aromatic carbocycles. The number of nitrogens with zero attached hydrogens (tertiary/aromatic N) is 1. The number of rotatable bonds is 2. The summed E-state index contributed by atoms with van der Waals surface area (Å²) in [5, 5.41) is 0.0733. The molecule has 0 bridgehead atoms. The third kappa shape index (κ3) is 2.51. The van der Waals surface area contributed by atoms with Crippen LogP contribution in [-0.2, 0) is 4.74 Å². The number of ether oxygens (including phenoxy) is 1. The van der Waals surface area contributed by atoms with Crippen LogP contribution in [-0.4, -0.2) is 17.6 Å². The van der Waals surface area contributed by atoms with Gasteiger partial charge in [0.2, 0.25) is 0 Å². The summed E-state index contributed by atoms with van der Waals surface area (Å²) < 4.78 is 19.3. The van der Waals surface area contributed by atoms with Crippen LogP contribution in [0.1, 0.15) is 10.4 Å². The second-order valence-corrected chi connectivity index (χ2v) is 4.10. The zero-order valence-corrected chi connectivity index (χ0v) is 10.6. The van der Waals surface area contributed by atoms with Gasteiger partial charge in [-0.1, -0.05) is 17.7 Å². The van der Waals surface area contributed by atoms with Crippen molar-refractivity contribution < 1.29 is 13.9 Å². The van der Waals surface area contributed by atoms with Crippen LogP contribution in [0.5, 0.6) is 0 Å². The number of esters is 1. The molecule has 0 saturated carbocycles. The number of hydrogen-bond acceptors (Lipinski definition) is 3. The number of pyridine rings is 1. The standard InChI is InChI=1S/C13H9ClFNO3/c1-19-13(18)8-5-6-11(17)16(7-8)12-9(14)3-2-4-10(12)15/h2-7H,1H3. The highest BCUT2D eigenvalue weighted by atomic mass is 35.5. The van der Waals surface area contributed by atoms with Crippen LogP contribution in [0.2, 0.25) is 5.02 Å². The van der Waals surface area contributed by atoms with Crippen LogP contribution in [0.15, 0.2) is 41.3 Å². The van der Waals surface area contributed by atoms with Gasteiger partial charge in [-0.25, -0.2) is 9.18 Å². The molecule has 19 heavy (non-hydrogen) atoms. The predicted molar refractivity (Wildman–Crippen MR) is 68.3 cm³/mol. The highest BCUT2D eigenvalue weighted by Gasteiger charge is 2.13. The highest BCUT2D eigenvalue weighted by molar-refractivity contribution is 6.32. The maximum atomic E-state index is 13.8. The molecule has 0 N–H and O–H groups in total. The molecule has 0 spiro atoms. The Labute approximate surface area is 113 Å². The van der Waals surface area contributed by atoms with Gasteiger partial charge < -0.3 is 4.74 Å². The van der Waals surface area contributed by atoms with Crippen molar-refractivity contribution in [3.63, 3.8) is 0 Å². The number of aromatic nitrogens is 1. The van der Waals surface area contributed by atoms with Gasteiger partial charge in [-0.15, -0.1) is 0 Å². The Kier molecular flexibility index (Phi) is 3.66. The minimum absolute atomic E-state index is 0.0733. The molecule has 0 saturated heterocycles. The molecule has 2 aromatic rings. The van der Waals surface area contributed by atoms with Gasteiger partial charge in [0.1, 0.15) is 11.5 Å². The molecule has 1 heterocycles. The maximum absolute atomic E-state index is 13.8. The van der Waals surface area contributed by atoms with Crippen molar-refractivity contribution in [2.24, 2.45) is 0 Å². The second-order valence-electron chi connectivity index (χ2n) is 3.69. The third-order valence-corrected chi connectivity index (χ3v) is 2.82. The Hall–Kier alpha value is -2.14. The molecule has 0 aliphatic rings. The fraction of sp³-hybridized carbons (Fsp3) is 0.0769. The molecule has 0 radical (unpaired) electrons. The zero-order chi connectivity index (χ0) is 14.0. The lowest BCUT2D eigenvalue weighted by molar-refractivity contribution is 0.0600. The van der Waals surface area contributed by atoms with E-state index >= 15 is 0 Å². The normalized spacial score (nSPS) is 10.3. The molecule has 0 atom stereocenters. The molecule has 6 heteroatoms. The lowest BCUT2D eigenvalue weighted by Gasteiger charge is -2.10. The van der Waals surface area contributed by atoms with Crippen LogP contribution in [0, 0.1) is 5.82 Å². The van der Waals surface area contributed by atoms with E-state index in [9.17, 15) is 14.0 Å². The largest absolute Gasteiger partial charge is 0.465 e. The maximum Gasteiger partial charge on any atom is 0.339 e. The van der Waals surface area contributed by atoms with E-state index < -0.39 is 17.3 Å². The van der Waals surface area contributed by atoms with E-state index in [0.29, 0.717) is 0 Å². The molecular weight excluding hydrogens is 273 g/mol. The third-order valence-electron chi connectivity index (χ3n) is 2.51. The van der Waals surface area contributed by atoms with Crippen LogP contribution in [0.3, 0.4) is 0 Å². The summed E-state index contributed by atoms with van der Waals surface area (Å²) in [5.74, 6) is -1.28. The van der Waals surface area contributed by atoms with Gasteiger partial charge in [0.15, 0.2) is 0 Å². The number of hydrogen-bond donors (Lipinski definition) is 0. The fourth-order valence-corrected chi connectivity index (χ4v) is 1.87. The molecule has 2 rings (SSSR count). The van der Waals surface area contributed by atoms with Gasteiger partial charge in [-0.05, 0) is 18.2 Å². The smallest absolute Gasteiger partial charge is 0.339 e. The fourth-order valence-electron chi connectivity index (χ4n) is 1.62. The van der Waals surface area contributed by atoms with Crippen LogP contribution in [0.25, 0.3) is 5.69 Å². The zero-order valence-electron chi connectivity index (χ0n) is 9.89. The van der Waals surface area contributed by atoms with E-state index in [1.807, 2.05) is 0 Å². The van der Waals surface area contributed by atoms with Crippen molar-refractivity contribution >= 4 is 17.6 Å². The molecule has 0 amide bonds. The average molecular weight is 282 g/mol. The number of carbonyl (C=O) groups is 1. The molecular formula is C13H9ClFNO3. The Balaban J connectivity index is 2.68. The lowest BCUT2D eigenvalue weighted by atomic mass is 10.2. The summed E-state index contributed by atoms with van der Waals surface area (Å²) in [6, 6.07) is 6.51. The molecule has 98 valence electrons. The topological polar surface area (TPSA) is 48.3 Å². The van der Waals surface area contributed by atoms with Gasteiger partial charge in [-0.2, -0.15) is 0 Å². The van der Waals surface area contributed by atoms with E-state index in [1.165, 1.54) is 37.6 Å². The minimum Gasteiger partial charge on any atom is -0.465 e. The van der Waals surface area contributed by atoms with Gasteiger partial charge in [0, 0.05) is 12.3 Å². The molecule has 4 nitrogen and oxygen atoms in total. The van der Waals surface area contributed by atoms with Crippen molar-refractivity contribution in [2.75, 3.05) is 7.11 Å². The van der Waals surface area contributed by atoms with Crippen molar-refractivity contribution in [1.82, 2.24) is 4.57 Å². The van der Waals surface area contributed by atoms with Crippen LogP contribution in [0.4, 0.5) is 4.39 Å². The molecule has 1 aromatic heterocycles. The first-order chi connectivity index (χ1) is 9.04. The molecule has 0 aliphatic heterocycles. The van der Waals surface area contributed by atoms with Crippen molar-refractivity contribution in [3.05, 3.63) is 63.3 Å². The van der Waals surface area contributed by atoms with Gasteiger partial charge >= 0.3 is 5.97 Å². The Morgan fingerprint density at radius 1 is 1.32 bits per heavy atom. The van der Waals surface area contributed by atoms with E-state index in [0.717, 1.165) is 10.6 Å². The number of methoxy groups -OCH3 is 1. The summed E-state index contributed by atoms with van der Waals surface area (Å²) in [7, 11) is 1.22. The van der Waals surface area contributed by atoms with Gasteiger partial charge in [0.05, 0.1) is 17.7 Å². The summed E-state index contributed by atoms with van der Waals surface area (Å²) in [6.07, 6.45) is 1.19. The first-order valence-corrected chi connectivity index (χ1v) is 5.68. The molecule has 0 unspecified atom stereocenters. The number of para-hydroxylation sites is 1. The number of benzene rings is 1. The van der Waals surface area contributed by atoms with E-state index in [2.05, 4.69) is 4.74 Å². The van der Waals surface area contributed by atoms with Crippen molar-refractivity contribution in [1.29, 1.82) is 0 Å². The van der Waals surface area contributed by atoms with Crippen LogP contribution >= 0.6 is 11.6 Å². The SMILES string of the molecule is COC(=O)c1ccc(=O)n(-c2c(F)cccc2Cl)c1. The number of carbonyl (C=O) groups excluding carboxylic acids is 1. The Morgan fingerprint density at radius 3 is 2.68 bits per heavy atom. The van der Waals surface area contributed by atoms with Gasteiger partial charge in [0.25, 0.3) is 5.56 Å². The summed E-state index contributed by atoms with van der Waals surface area (Å²) in [6.45, 7) is 0. The van der Waals surface area contributed by atoms with Crippen molar-refractivity contribution in [3.8, 4) is 5.69 Å². The summed E-state index contributed by atoms with van der Waals surface area (Å²) >= 11 is 5.89. The van der Waals surface area contributed by atoms with Crippen molar-refractivity contribution in [2.45, 2.75) is 0 Å². The van der Waals surface area contributed by atoms with E-state index in [4.69, 9.17) is 11.6 Å². The quantitative estimate of drug-likeness (QED) is 0.794. The first kappa shape index (κ1) is 13.3. The average Bonchev–Trinajstić information content (AvgIpc) is 2.39. The lowest BCUT2D eigenvalue weighted by Crippen LogP contribution is -2.20. The van der Waals surface area contributed by atoms with Crippen LogP contribution < -0.4 is 5.56 Å². The second kappa shape index (κ2) is 5.24. The molecule has 0 fully saturated rings. The number of halogens is 2. The molecule has 0 aliphatic carbocycles. The Bertz CT molecular complexity index is 676.